The Bertz CT molecular complexity index is 549. The van der Waals surface area contributed by atoms with Gasteiger partial charge in [-0.1, -0.05) is 12.1 Å². The first-order valence-electron chi connectivity index (χ1n) is 7.83. The fraction of sp³-hybridized carbons (Fsp3) is 0.529. The highest BCUT2D eigenvalue weighted by Crippen LogP contribution is 2.24. The predicted molar refractivity (Wildman–Crippen MR) is 89.3 cm³/mol. The number of rotatable bonds is 5. The molecule has 1 saturated heterocycles. The van der Waals surface area contributed by atoms with Crippen molar-refractivity contribution in [3.05, 3.63) is 29.8 Å². The molecule has 1 aliphatic heterocycles. The van der Waals surface area contributed by atoms with E-state index >= 15 is 0 Å². The molecule has 1 aromatic carbocycles. The van der Waals surface area contributed by atoms with Gasteiger partial charge >= 0.3 is 0 Å². The minimum atomic E-state index is -0.759. The van der Waals surface area contributed by atoms with Crippen molar-refractivity contribution >= 4 is 17.5 Å². The summed E-state index contributed by atoms with van der Waals surface area (Å²) in [6.45, 7) is 1.54. The number of hydrogen-bond donors (Lipinski definition) is 2. The van der Waals surface area contributed by atoms with Gasteiger partial charge in [0.05, 0.1) is 6.42 Å². The second-order valence-corrected chi connectivity index (χ2v) is 6.06. The van der Waals surface area contributed by atoms with Gasteiger partial charge in [-0.3, -0.25) is 9.59 Å². The molecule has 23 heavy (non-hydrogen) atoms. The van der Waals surface area contributed by atoms with Gasteiger partial charge in [-0.25, -0.2) is 0 Å². The maximum Gasteiger partial charge on any atom is 0.256 e. The second-order valence-electron chi connectivity index (χ2n) is 6.06. The number of nitrogens with zero attached hydrogens (tertiary/aromatic N) is 1. The van der Waals surface area contributed by atoms with E-state index in [1.54, 1.807) is 26.1 Å². The van der Waals surface area contributed by atoms with Crippen molar-refractivity contribution in [3.63, 3.8) is 0 Å². The number of anilines is 1. The molecule has 0 spiro atoms. The van der Waals surface area contributed by atoms with Crippen molar-refractivity contribution in [1.82, 2.24) is 10.2 Å². The van der Waals surface area contributed by atoms with E-state index in [-0.39, 0.29) is 11.8 Å². The van der Waals surface area contributed by atoms with Gasteiger partial charge in [-0.15, -0.1) is 0 Å². The maximum atomic E-state index is 12.5. The maximum absolute atomic E-state index is 12.5. The summed E-state index contributed by atoms with van der Waals surface area (Å²) in [5.74, 6) is -0.0616. The van der Waals surface area contributed by atoms with Crippen LogP contribution in [0.15, 0.2) is 24.3 Å². The molecule has 2 rings (SSSR count). The van der Waals surface area contributed by atoms with Crippen LogP contribution in [0.5, 0.6) is 0 Å². The van der Waals surface area contributed by atoms with Crippen LogP contribution in [-0.2, 0) is 20.7 Å². The highest BCUT2D eigenvalue weighted by Gasteiger charge is 2.39. The molecule has 0 radical (unpaired) electrons. The number of likely N-dealkylation sites (N-methyl/N-ethyl adjacent to an activating group) is 1. The monoisotopic (exact) mass is 319 g/mol. The zero-order chi connectivity index (χ0) is 16.9. The Labute approximate surface area is 137 Å². The molecule has 0 bridgehead atoms. The average molecular weight is 319 g/mol. The highest BCUT2D eigenvalue weighted by atomic mass is 16.5. The van der Waals surface area contributed by atoms with Crippen LogP contribution in [0.4, 0.5) is 5.69 Å². The van der Waals surface area contributed by atoms with Crippen molar-refractivity contribution < 1.29 is 14.3 Å². The largest absolute Gasteiger partial charge is 0.368 e. The molecular weight excluding hydrogens is 294 g/mol. The summed E-state index contributed by atoms with van der Waals surface area (Å²) in [4.78, 5) is 25.8. The summed E-state index contributed by atoms with van der Waals surface area (Å²) in [5, 5.41) is 6.15. The van der Waals surface area contributed by atoms with Gasteiger partial charge in [0.25, 0.3) is 5.91 Å². The number of amides is 2. The van der Waals surface area contributed by atoms with E-state index in [2.05, 4.69) is 10.6 Å². The third kappa shape index (κ3) is 4.30. The Kier molecular flexibility index (Phi) is 5.74. The van der Waals surface area contributed by atoms with Gasteiger partial charge in [-0.2, -0.15) is 0 Å². The Hall–Kier alpha value is -1.92. The van der Waals surface area contributed by atoms with E-state index in [1.165, 1.54) is 0 Å². The van der Waals surface area contributed by atoms with Crippen LogP contribution in [0.25, 0.3) is 0 Å². The average Bonchev–Trinajstić information content (AvgIpc) is 2.57. The third-order valence-corrected chi connectivity index (χ3v) is 4.28. The lowest BCUT2D eigenvalue weighted by Crippen LogP contribution is -2.51. The molecule has 0 atom stereocenters. The zero-order valence-corrected chi connectivity index (χ0v) is 14.0. The molecule has 0 unspecified atom stereocenters. The van der Waals surface area contributed by atoms with Crippen LogP contribution in [0.2, 0.25) is 0 Å². The van der Waals surface area contributed by atoms with Gasteiger partial charge in [0.15, 0.2) is 0 Å². The standard InChI is InChI=1S/C17H25N3O3/c1-20(2)15(21)12-13-4-6-14(7-5-13)19-16(22)17(23-3)8-10-18-11-9-17/h4-7,18H,8-12H2,1-3H3,(H,19,22). The summed E-state index contributed by atoms with van der Waals surface area (Å²) in [7, 11) is 5.06. The van der Waals surface area contributed by atoms with E-state index < -0.39 is 5.60 Å². The van der Waals surface area contributed by atoms with E-state index in [0.29, 0.717) is 24.9 Å². The SMILES string of the molecule is COC1(C(=O)Nc2ccc(CC(=O)N(C)C)cc2)CCNCC1. The molecule has 126 valence electrons. The summed E-state index contributed by atoms with van der Waals surface area (Å²) in [6.07, 6.45) is 1.67. The van der Waals surface area contributed by atoms with E-state index in [0.717, 1.165) is 18.7 Å². The number of hydrogen-bond acceptors (Lipinski definition) is 4. The molecule has 0 aliphatic carbocycles. The van der Waals surface area contributed by atoms with Crippen LogP contribution >= 0.6 is 0 Å². The van der Waals surface area contributed by atoms with Gasteiger partial charge in [0, 0.05) is 26.9 Å². The molecular formula is C17H25N3O3. The first-order chi connectivity index (χ1) is 11.0. The molecule has 0 saturated carbocycles. The van der Waals surface area contributed by atoms with Crippen molar-refractivity contribution in [2.24, 2.45) is 0 Å². The molecule has 6 nitrogen and oxygen atoms in total. The molecule has 2 N–H and O–H groups in total. The fourth-order valence-electron chi connectivity index (χ4n) is 2.64. The van der Waals surface area contributed by atoms with Crippen molar-refractivity contribution in [2.75, 3.05) is 39.6 Å². The number of ether oxygens (including phenoxy) is 1. The van der Waals surface area contributed by atoms with Gasteiger partial charge in [0.2, 0.25) is 5.91 Å². The van der Waals surface area contributed by atoms with Crippen LogP contribution in [-0.4, -0.2) is 56.6 Å². The summed E-state index contributed by atoms with van der Waals surface area (Å²) < 4.78 is 5.51. The molecule has 2 amide bonds. The zero-order valence-electron chi connectivity index (χ0n) is 14.0. The minimum absolute atomic E-state index is 0.0508. The normalized spacial score (nSPS) is 16.7. The molecule has 6 heteroatoms. The third-order valence-electron chi connectivity index (χ3n) is 4.28. The number of nitrogens with one attached hydrogen (secondary N) is 2. The van der Waals surface area contributed by atoms with Gasteiger partial charge in [0.1, 0.15) is 5.60 Å². The highest BCUT2D eigenvalue weighted by molar-refractivity contribution is 5.97. The van der Waals surface area contributed by atoms with E-state index in [4.69, 9.17) is 4.74 Å². The lowest BCUT2D eigenvalue weighted by atomic mass is 9.91. The quantitative estimate of drug-likeness (QED) is 0.850. The molecule has 1 fully saturated rings. The van der Waals surface area contributed by atoms with Crippen LogP contribution in [0, 0.1) is 0 Å². The Morgan fingerprint density at radius 3 is 2.35 bits per heavy atom. The number of benzene rings is 1. The number of carbonyl (C=O) groups excluding carboxylic acids is 2. The molecule has 0 aromatic heterocycles. The van der Waals surface area contributed by atoms with Crippen molar-refractivity contribution in [1.29, 1.82) is 0 Å². The van der Waals surface area contributed by atoms with Crippen LogP contribution < -0.4 is 10.6 Å². The Balaban J connectivity index is 2.00. The molecule has 1 aliphatic rings. The molecule has 1 aromatic rings. The van der Waals surface area contributed by atoms with Crippen molar-refractivity contribution in [2.45, 2.75) is 24.9 Å². The van der Waals surface area contributed by atoms with Gasteiger partial charge < -0.3 is 20.3 Å². The summed E-state index contributed by atoms with van der Waals surface area (Å²) in [6, 6.07) is 7.36. The second kappa shape index (κ2) is 7.57. The van der Waals surface area contributed by atoms with Gasteiger partial charge in [-0.05, 0) is 43.6 Å². The first-order valence-corrected chi connectivity index (χ1v) is 7.83. The Morgan fingerprint density at radius 1 is 1.22 bits per heavy atom. The van der Waals surface area contributed by atoms with Crippen molar-refractivity contribution in [3.8, 4) is 0 Å². The summed E-state index contributed by atoms with van der Waals surface area (Å²) in [5.41, 5.74) is 0.876. The lowest BCUT2D eigenvalue weighted by molar-refractivity contribution is -0.140. The Morgan fingerprint density at radius 2 is 1.83 bits per heavy atom. The molecule has 1 heterocycles. The number of piperidine rings is 1. The number of carbonyl (C=O) groups is 2. The first kappa shape index (κ1) is 17.4. The fourth-order valence-corrected chi connectivity index (χ4v) is 2.64. The van der Waals surface area contributed by atoms with Crippen LogP contribution in [0.3, 0.4) is 0 Å². The topological polar surface area (TPSA) is 70.7 Å². The number of methoxy groups -OCH3 is 1. The lowest BCUT2D eigenvalue weighted by Gasteiger charge is -2.34. The smallest absolute Gasteiger partial charge is 0.256 e. The summed E-state index contributed by atoms with van der Waals surface area (Å²) >= 11 is 0. The van der Waals surface area contributed by atoms with Crippen LogP contribution in [0.1, 0.15) is 18.4 Å². The minimum Gasteiger partial charge on any atom is -0.368 e. The predicted octanol–water partition coefficient (Wildman–Crippen LogP) is 1.02. The van der Waals surface area contributed by atoms with E-state index in [1.807, 2.05) is 24.3 Å². The van der Waals surface area contributed by atoms with E-state index in [9.17, 15) is 9.59 Å².